The number of aliphatic hydroxyl groups is 1. The minimum absolute atomic E-state index is 0.0677. The van der Waals surface area contributed by atoms with Gasteiger partial charge in [-0.1, -0.05) is 24.6 Å². The molecule has 2 aromatic carbocycles. The third-order valence-electron chi connectivity index (χ3n) is 5.64. The fourth-order valence-electron chi connectivity index (χ4n) is 4.01. The molecule has 0 radical (unpaired) electrons. The Balaban J connectivity index is 1.94. The van der Waals surface area contributed by atoms with E-state index in [1.165, 1.54) is 23.4 Å². The molecule has 0 unspecified atom stereocenters. The minimum Gasteiger partial charge on any atom is -0.381 e. The first-order chi connectivity index (χ1) is 14.7. The molecule has 2 heterocycles. The van der Waals surface area contributed by atoms with Crippen LogP contribution in [0.4, 0.5) is 8.78 Å². The van der Waals surface area contributed by atoms with E-state index in [1.807, 2.05) is 26.0 Å². The van der Waals surface area contributed by atoms with Crippen molar-refractivity contribution in [2.75, 3.05) is 0 Å². The van der Waals surface area contributed by atoms with Gasteiger partial charge in [-0.15, -0.1) is 0 Å². The zero-order valence-electron chi connectivity index (χ0n) is 17.4. The molecule has 0 saturated heterocycles. The minimum atomic E-state index is -1.83. The fourth-order valence-corrected chi connectivity index (χ4v) is 4.37. The average Bonchev–Trinajstić information content (AvgIpc) is 3.34. The summed E-state index contributed by atoms with van der Waals surface area (Å²) >= 11 is 6.58. The third-order valence-corrected chi connectivity index (χ3v) is 5.92. The number of halogens is 3. The Hall–Kier alpha value is -2.84. The Morgan fingerprint density at radius 2 is 2.00 bits per heavy atom. The summed E-state index contributed by atoms with van der Waals surface area (Å²) in [6.45, 7) is 5.53. The molecule has 0 bridgehead atoms. The summed E-state index contributed by atoms with van der Waals surface area (Å²) in [4.78, 5) is 3.90. The summed E-state index contributed by atoms with van der Waals surface area (Å²) in [6, 6.07) is 6.15. The van der Waals surface area contributed by atoms with Gasteiger partial charge < -0.3 is 5.11 Å². The standard InChI is InChI=1S/C22H22ClF2N5O/c1-4-20-16-7-13(2)8-18(23)21(16)30(28-20)14(3)22(31,10-29-12-26-11-27-29)17-6-5-15(24)9-19(17)25/h5-9,11-12,14,31H,4,10H2,1-3H3/t14-,22-/m1/s1. The van der Waals surface area contributed by atoms with Crippen molar-refractivity contribution in [1.29, 1.82) is 0 Å². The van der Waals surface area contributed by atoms with Gasteiger partial charge in [-0.2, -0.15) is 10.2 Å². The molecule has 2 atom stereocenters. The molecule has 0 aliphatic carbocycles. The van der Waals surface area contributed by atoms with Crippen LogP contribution < -0.4 is 0 Å². The topological polar surface area (TPSA) is 68.8 Å². The van der Waals surface area contributed by atoms with Crippen LogP contribution in [0.25, 0.3) is 10.9 Å². The first-order valence-corrected chi connectivity index (χ1v) is 10.3. The van der Waals surface area contributed by atoms with Crippen molar-refractivity contribution in [1.82, 2.24) is 24.5 Å². The van der Waals surface area contributed by atoms with Crippen LogP contribution in [0.2, 0.25) is 5.02 Å². The molecule has 0 aliphatic rings. The van der Waals surface area contributed by atoms with Gasteiger partial charge in [0.05, 0.1) is 28.8 Å². The number of fused-ring (bicyclic) bond motifs is 1. The third kappa shape index (κ3) is 3.70. The van der Waals surface area contributed by atoms with Gasteiger partial charge in [-0.25, -0.2) is 18.4 Å². The first-order valence-electron chi connectivity index (χ1n) is 9.92. The lowest BCUT2D eigenvalue weighted by atomic mass is 9.86. The van der Waals surface area contributed by atoms with Crippen LogP contribution in [0.1, 0.15) is 36.7 Å². The van der Waals surface area contributed by atoms with E-state index in [9.17, 15) is 13.9 Å². The number of nitrogens with zero attached hydrogens (tertiary/aromatic N) is 5. The summed E-state index contributed by atoms with van der Waals surface area (Å²) in [5, 5.41) is 22.0. The highest BCUT2D eigenvalue weighted by Crippen LogP contribution is 2.40. The Morgan fingerprint density at radius 3 is 2.65 bits per heavy atom. The second-order valence-corrected chi connectivity index (χ2v) is 8.11. The first kappa shape index (κ1) is 21.4. The smallest absolute Gasteiger partial charge is 0.137 e. The van der Waals surface area contributed by atoms with Gasteiger partial charge in [0.15, 0.2) is 0 Å². The van der Waals surface area contributed by atoms with Gasteiger partial charge in [0.1, 0.15) is 29.9 Å². The Labute approximate surface area is 183 Å². The van der Waals surface area contributed by atoms with E-state index in [1.54, 1.807) is 11.6 Å². The summed E-state index contributed by atoms with van der Waals surface area (Å²) in [5.41, 5.74) is 0.555. The zero-order valence-corrected chi connectivity index (χ0v) is 18.1. The SMILES string of the molecule is CCc1nn([C@H](C)[C@](O)(Cn2cncn2)c2ccc(F)cc2F)c2c(Cl)cc(C)cc12. The maximum absolute atomic E-state index is 14.9. The zero-order chi connectivity index (χ0) is 22.3. The monoisotopic (exact) mass is 445 g/mol. The molecular formula is C22H22ClF2N5O. The number of rotatable bonds is 6. The van der Waals surface area contributed by atoms with Gasteiger partial charge in [0, 0.05) is 17.0 Å². The van der Waals surface area contributed by atoms with Crippen LogP contribution in [0.15, 0.2) is 43.0 Å². The quantitative estimate of drug-likeness (QED) is 0.471. The molecule has 0 fully saturated rings. The van der Waals surface area contributed by atoms with Gasteiger partial charge in [-0.05, 0) is 44.0 Å². The molecule has 1 N–H and O–H groups in total. The number of hydrogen-bond acceptors (Lipinski definition) is 4. The van der Waals surface area contributed by atoms with E-state index in [0.717, 1.165) is 28.8 Å². The predicted octanol–water partition coefficient (Wildman–Crippen LogP) is 4.58. The molecule has 0 amide bonds. The Bertz CT molecular complexity index is 1240. The van der Waals surface area contributed by atoms with E-state index >= 15 is 0 Å². The van der Waals surface area contributed by atoms with Crippen LogP contribution in [-0.4, -0.2) is 29.7 Å². The number of benzene rings is 2. The lowest BCUT2D eigenvalue weighted by Crippen LogP contribution is -2.41. The molecule has 0 spiro atoms. The van der Waals surface area contributed by atoms with E-state index in [4.69, 9.17) is 16.7 Å². The largest absolute Gasteiger partial charge is 0.381 e. The van der Waals surface area contributed by atoms with Gasteiger partial charge in [0.25, 0.3) is 0 Å². The van der Waals surface area contributed by atoms with E-state index in [2.05, 4.69) is 10.1 Å². The fraction of sp³-hybridized carbons (Fsp3) is 0.318. The number of aryl methyl sites for hydroxylation is 2. The molecule has 0 saturated carbocycles. The highest BCUT2D eigenvalue weighted by atomic mass is 35.5. The molecule has 2 aromatic heterocycles. The van der Waals surface area contributed by atoms with Gasteiger partial charge in [0.2, 0.25) is 0 Å². The summed E-state index contributed by atoms with van der Waals surface area (Å²) in [5.74, 6) is -1.59. The second-order valence-electron chi connectivity index (χ2n) is 7.71. The van der Waals surface area contributed by atoms with E-state index in [0.29, 0.717) is 17.0 Å². The van der Waals surface area contributed by atoms with Crippen molar-refractivity contribution in [2.45, 2.75) is 45.4 Å². The van der Waals surface area contributed by atoms with Crippen LogP contribution in [0.3, 0.4) is 0 Å². The Morgan fingerprint density at radius 1 is 1.23 bits per heavy atom. The van der Waals surface area contributed by atoms with Crippen molar-refractivity contribution in [2.24, 2.45) is 0 Å². The van der Waals surface area contributed by atoms with Crippen molar-refractivity contribution in [3.8, 4) is 0 Å². The Kier molecular flexibility index (Phi) is 5.53. The van der Waals surface area contributed by atoms with Crippen LogP contribution in [0.5, 0.6) is 0 Å². The van der Waals surface area contributed by atoms with Crippen LogP contribution in [0, 0.1) is 18.6 Å². The highest BCUT2D eigenvalue weighted by molar-refractivity contribution is 6.35. The van der Waals surface area contributed by atoms with Crippen molar-refractivity contribution in [3.63, 3.8) is 0 Å². The molecule has 4 rings (SSSR count). The lowest BCUT2D eigenvalue weighted by Gasteiger charge is -2.35. The summed E-state index contributed by atoms with van der Waals surface area (Å²) in [7, 11) is 0. The van der Waals surface area contributed by atoms with E-state index in [-0.39, 0.29) is 12.1 Å². The molecular weight excluding hydrogens is 424 g/mol. The molecule has 9 heteroatoms. The van der Waals surface area contributed by atoms with Crippen LogP contribution in [-0.2, 0) is 18.6 Å². The molecule has 0 aliphatic heterocycles. The lowest BCUT2D eigenvalue weighted by molar-refractivity contribution is -0.0355. The summed E-state index contributed by atoms with van der Waals surface area (Å²) < 4.78 is 31.5. The molecule has 4 aromatic rings. The second kappa shape index (κ2) is 8.01. The number of hydrogen-bond donors (Lipinski definition) is 1. The molecule has 6 nitrogen and oxygen atoms in total. The summed E-state index contributed by atoms with van der Waals surface area (Å²) in [6.07, 6.45) is 3.40. The molecule has 31 heavy (non-hydrogen) atoms. The molecule has 162 valence electrons. The van der Waals surface area contributed by atoms with Gasteiger partial charge >= 0.3 is 0 Å². The predicted molar refractivity (Wildman–Crippen MR) is 114 cm³/mol. The van der Waals surface area contributed by atoms with Crippen molar-refractivity contribution in [3.05, 3.63) is 76.5 Å². The van der Waals surface area contributed by atoms with Crippen LogP contribution >= 0.6 is 11.6 Å². The normalized spacial score (nSPS) is 14.7. The maximum atomic E-state index is 14.9. The van der Waals surface area contributed by atoms with E-state index < -0.39 is 23.3 Å². The highest BCUT2D eigenvalue weighted by Gasteiger charge is 2.41. The van der Waals surface area contributed by atoms with Crippen molar-refractivity contribution >= 4 is 22.5 Å². The van der Waals surface area contributed by atoms with Gasteiger partial charge in [-0.3, -0.25) is 4.68 Å². The van der Waals surface area contributed by atoms with Crippen molar-refractivity contribution < 1.29 is 13.9 Å². The maximum Gasteiger partial charge on any atom is 0.137 e. The average molecular weight is 446 g/mol. The number of aromatic nitrogens is 5.